The number of nitrogens with one attached hydrogen (secondary N) is 1. The Balaban J connectivity index is 0.00000220. The minimum atomic E-state index is -0.383. The summed E-state index contributed by atoms with van der Waals surface area (Å²) in [5, 5.41) is 32.7. The summed E-state index contributed by atoms with van der Waals surface area (Å²) in [6, 6.07) is 4.60. The van der Waals surface area contributed by atoms with E-state index in [-0.39, 0.29) is 42.0 Å². The van der Waals surface area contributed by atoms with Crippen molar-refractivity contribution in [1.29, 1.82) is 0 Å². The Morgan fingerprint density at radius 3 is 2.38 bits per heavy atom. The first kappa shape index (κ1) is 18.0. The number of piperazine rings is 1. The van der Waals surface area contributed by atoms with Gasteiger partial charge >= 0.3 is 0 Å². The molecule has 0 aromatic heterocycles. The molecule has 2 rings (SSSR count). The molecule has 1 aliphatic rings. The van der Waals surface area contributed by atoms with E-state index in [4.69, 9.17) is 0 Å². The van der Waals surface area contributed by atoms with E-state index in [0.29, 0.717) is 0 Å². The van der Waals surface area contributed by atoms with Crippen molar-refractivity contribution >= 4 is 12.4 Å². The lowest BCUT2D eigenvalue weighted by molar-refractivity contribution is 0.0293. The smallest absolute Gasteiger partial charge is 0.124 e. The van der Waals surface area contributed by atoms with E-state index in [1.54, 1.807) is 12.1 Å². The molecule has 1 heterocycles. The number of aromatic hydroxyl groups is 2. The lowest BCUT2D eigenvalue weighted by Gasteiger charge is -2.43. The highest BCUT2D eigenvalue weighted by Gasteiger charge is 2.37. The van der Waals surface area contributed by atoms with Crippen LogP contribution in [-0.2, 0) is 0 Å². The van der Waals surface area contributed by atoms with Crippen molar-refractivity contribution in [2.24, 2.45) is 5.41 Å². The van der Waals surface area contributed by atoms with Crippen molar-refractivity contribution in [3.63, 3.8) is 0 Å². The van der Waals surface area contributed by atoms with E-state index in [1.165, 1.54) is 6.07 Å². The van der Waals surface area contributed by atoms with E-state index < -0.39 is 0 Å². The van der Waals surface area contributed by atoms with Crippen molar-refractivity contribution < 1.29 is 15.3 Å². The summed E-state index contributed by atoms with van der Waals surface area (Å²) in [4.78, 5) is 2.28. The van der Waals surface area contributed by atoms with Crippen molar-refractivity contribution in [2.45, 2.75) is 19.9 Å². The molecule has 21 heavy (non-hydrogen) atoms. The molecule has 0 radical (unpaired) electrons. The van der Waals surface area contributed by atoms with Gasteiger partial charge in [-0.2, -0.15) is 0 Å². The number of phenolic OH excluding ortho intramolecular Hbond substituents is 2. The fraction of sp³-hybridized carbons (Fsp3) is 0.600. The molecule has 0 bridgehead atoms. The van der Waals surface area contributed by atoms with Crippen LogP contribution in [-0.4, -0.2) is 53.0 Å². The third kappa shape index (κ3) is 4.01. The molecule has 0 spiro atoms. The molecule has 1 aromatic rings. The highest BCUT2D eigenvalue weighted by atomic mass is 35.5. The number of aliphatic hydroxyl groups is 1. The van der Waals surface area contributed by atoms with Gasteiger partial charge in [-0.3, -0.25) is 4.90 Å². The first-order valence-electron chi connectivity index (χ1n) is 7.03. The third-order valence-electron chi connectivity index (χ3n) is 3.97. The molecule has 0 saturated carbocycles. The maximum Gasteiger partial charge on any atom is 0.124 e. The number of phenols is 2. The van der Waals surface area contributed by atoms with Gasteiger partial charge in [0.25, 0.3) is 0 Å². The third-order valence-corrected chi connectivity index (χ3v) is 3.97. The second-order valence-corrected chi connectivity index (χ2v) is 6.08. The Kier molecular flexibility index (Phi) is 6.28. The number of halogens is 1. The van der Waals surface area contributed by atoms with Crippen LogP contribution >= 0.6 is 12.4 Å². The second kappa shape index (κ2) is 7.31. The summed E-state index contributed by atoms with van der Waals surface area (Å²) < 4.78 is 0. The van der Waals surface area contributed by atoms with Gasteiger partial charge in [-0.1, -0.05) is 19.9 Å². The van der Waals surface area contributed by atoms with Gasteiger partial charge in [0, 0.05) is 55.9 Å². The molecule has 120 valence electrons. The van der Waals surface area contributed by atoms with E-state index in [9.17, 15) is 15.3 Å². The summed E-state index contributed by atoms with van der Waals surface area (Å²) in [7, 11) is 0. The summed E-state index contributed by atoms with van der Waals surface area (Å²) in [6.07, 6.45) is 0. The average Bonchev–Trinajstić information content (AvgIpc) is 2.43. The molecular formula is C15H25ClN2O3. The molecule has 0 amide bonds. The monoisotopic (exact) mass is 316 g/mol. The molecule has 1 atom stereocenters. The Morgan fingerprint density at radius 1 is 1.24 bits per heavy atom. The van der Waals surface area contributed by atoms with Crippen molar-refractivity contribution in [1.82, 2.24) is 10.2 Å². The Bertz CT molecular complexity index is 462. The number of nitrogens with zero attached hydrogens (tertiary/aromatic N) is 1. The Morgan fingerprint density at radius 2 is 1.86 bits per heavy atom. The minimum absolute atomic E-state index is 0. The van der Waals surface area contributed by atoms with Crippen LogP contribution in [0.15, 0.2) is 18.2 Å². The zero-order chi connectivity index (χ0) is 14.8. The van der Waals surface area contributed by atoms with Crippen LogP contribution in [0, 0.1) is 5.41 Å². The molecule has 6 heteroatoms. The SMILES string of the molecule is CC(C)(CO)[C@@H](c1ccc(O)cc1O)N1CCNCC1.Cl. The normalized spacial score (nSPS) is 18.0. The molecule has 0 aliphatic carbocycles. The van der Waals surface area contributed by atoms with E-state index in [2.05, 4.69) is 10.2 Å². The van der Waals surface area contributed by atoms with Crippen molar-refractivity contribution in [2.75, 3.05) is 32.8 Å². The van der Waals surface area contributed by atoms with Gasteiger partial charge in [0.15, 0.2) is 0 Å². The second-order valence-electron chi connectivity index (χ2n) is 6.08. The number of rotatable bonds is 4. The zero-order valence-electron chi connectivity index (χ0n) is 12.5. The summed E-state index contributed by atoms with van der Waals surface area (Å²) in [5.41, 5.74) is 0.370. The van der Waals surface area contributed by atoms with Crippen molar-refractivity contribution in [3.05, 3.63) is 23.8 Å². The van der Waals surface area contributed by atoms with Crippen LogP contribution in [0.2, 0.25) is 0 Å². The lowest BCUT2D eigenvalue weighted by Crippen LogP contribution is -2.49. The van der Waals surface area contributed by atoms with Gasteiger partial charge in [-0.05, 0) is 6.07 Å². The topological polar surface area (TPSA) is 76.0 Å². The fourth-order valence-electron chi connectivity index (χ4n) is 2.90. The first-order chi connectivity index (χ1) is 9.45. The summed E-state index contributed by atoms with van der Waals surface area (Å²) in [6.45, 7) is 7.55. The van der Waals surface area contributed by atoms with Crippen LogP contribution < -0.4 is 5.32 Å². The molecule has 4 N–H and O–H groups in total. The van der Waals surface area contributed by atoms with Crippen LogP contribution in [0.5, 0.6) is 11.5 Å². The molecule has 0 unspecified atom stereocenters. The van der Waals surface area contributed by atoms with Crippen LogP contribution in [0.3, 0.4) is 0 Å². The highest BCUT2D eigenvalue weighted by molar-refractivity contribution is 5.85. The molecule has 1 fully saturated rings. The van der Waals surface area contributed by atoms with Crippen LogP contribution in [0.1, 0.15) is 25.5 Å². The molecule has 1 aliphatic heterocycles. The Hall–Kier alpha value is -1.01. The standard InChI is InChI=1S/C15H24N2O3.ClH/c1-15(2,10-18)14(17-7-5-16-6-8-17)12-4-3-11(19)9-13(12)20;/h3-4,9,14,16,18-20H,5-8,10H2,1-2H3;1H/t14-;/m1./s1. The van der Waals surface area contributed by atoms with Gasteiger partial charge in [-0.25, -0.2) is 0 Å². The summed E-state index contributed by atoms with van der Waals surface area (Å²) in [5.74, 6) is 0.127. The minimum Gasteiger partial charge on any atom is -0.508 e. The number of aliphatic hydroxyl groups excluding tert-OH is 1. The van der Waals surface area contributed by atoms with E-state index >= 15 is 0 Å². The predicted molar refractivity (Wildman–Crippen MR) is 85.1 cm³/mol. The number of hydrogen-bond acceptors (Lipinski definition) is 5. The van der Waals surface area contributed by atoms with Gasteiger partial charge in [0.1, 0.15) is 11.5 Å². The maximum absolute atomic E-state index is 10.2. The van der Waals surface area contributed by atoms with E-state index in [1.807, 2.05) is 13.8 Å². The average molecular weight is 317 g/mol. The number of hydrogen-bond donors (Lipinski definition) is 4. The molecular weight excluding hydrogens is 292 g/mol. The largest absolute Gasteiger partial charge is 0.508 e. The van der Waals surface area contributed by atoms with Gasteiger partial charge in [0.05, 0.1) is 0 Å². The zero-order valence-corrected chi connectivity index (χ0v) is 13.4. The Labute approximate surface area is 132 Å². The van der Waals surface area contributed by atoms with Crippen LogP contribution in [0.25, 0.3) is 0 Å². The predicted octanol–water partition coefficient (Wildman–Crippen LogP) is 1.48. The van der Waals surface area contributed by atoms with Crippen molar-refractivity contribution in [3.8, 4) is 11.5 Å². The van der Waals surface area contributed by atoms with Gasteiger partial charge in [-0.15, -0.1) is 12.4 Å². The fourth-order valence-corrected chi connectivity index (χ4v) is 2.90. The maximum atomic E-state index is 10.2. The van der Waals surface area contributed by atoms with Gasteiger partial charge in [0.2, 0.25) is 0 Å². The first-order valence-corrected chi connectivity index (χ1v) is 7.03. The molecule has 1 saturated heterocycles. The van der Waals surface area contributed by atoms with E-state index in [0.717, 1.165) is 31.7 Å². The highest BCUT2D eigenvalue weighted by Crippen LogP contribution is 2.42. The molecule has 5 nitrogen and oxygen atoms in total. The molecule has 1 aromatic carbocycles. The quantitative estimate of drug-likeness (QED) is 0.677. The van der Waals surface area contributed by atoms with Gasteiger partial charge < -0.3 is 20.6 Å². The number of benzene rings is 1. The van der Waals surface area contributed by atoms with Crippen LogP contribution in [0.4, 0.5) is 0 Å². The lowest BCUT2D eigenvalue weighted by atomic mass is 9.79. The summed E-state index contributed by atoms with van der Waals surface area (Å²) >= 11 is 0.